The third-order valence-corrected chi connectivity index (χ3v) is 5.13. The smallest absolute Gasteiger partial charge is 0.287 e. The molecule has 1 N–H and O–H groups in total. The number of H-pyrrole nitrogens is 1. The summed E-state index contributed by atoms with van der Waals surface area (Å²) in [5.74, 6) is -0.525. The van der Waals surface area contributed by atoms with Gasteiger partial charge in [0.1, 0.15) is 5.69 Å². The molecule has 3 aromatic rings. The molecule has 1 heterocycles. The highest BCUT2D eigenvalue weighted by Gasteiger charge is 2.25. The van der Waals surface area contributed by atoms with Crippen molar-refractivity contribution in [1.82, 2.24) is 9.55 Å². The zero-order valence-corrected chi connectivity index (χ0v) is 18.4. The summed E-state index contributed by atoms with van der Waals surface area (Å²) in [6.45, 7) is 11.8. The van der Waals surface area contributed by atoms with Crippen molar-refractivity contribution in [3.05, 3.63) is 102 Å². The number of hydrogen-bond acceptors (Lipinski definition) is 3. The molecular formula is C25H28N2O3. The number of aromatic nitrogens is 2. The predicted octanol–water partition coefficient (Wildman–Crippen LogP) is 4.17. The van der Waals surface area contributed by atoms with Crippen molar-refractivity contribution in [3.63, 3.8) is 0 Å². The third-order valence-electron chi connectivity index (χ3n) is 5.13. The molecule has 0 saturated carbocycles. The maximum Gasteiger partial charge on any atom is 0.329 e. The van der Waals surface area contributed by atoms with Crippen LogP contribution in [0.4, 0.5) is 0 Å². The van der Waals surface area contributed by atoms with Gasteiger partial charge in [-0.1, -0.05) is 60.4 Å². The molecule has 0 unspecified atom stereocenters. The lowest BCUT2D eigenvalue weighted by Crippen LogP contribution is -2.38. The summed E-state index contributed by atoms with van der Waals surface area (Å²) in [5.41, 5.74) is 4.89. The Balaban J connectivity index is 2.29. The van der Waals surface area contributed by atoms with Gasteiger partial charge in [0.15, 0.2) is 0 Å². The highest BCUT2D eigenvalue weighted by Crippen LogP contribution is 2.21. The van der Waals surface area contributed by atoms with E-state index in [4.69, 9.17) is 0 Å². The van der Waals surface area contributed by atoms with Crippen LogP contribution in [0.2, 0.25) is 0 Å². The van der Waals surface area contributed by atoms with Gasteiger partial charge in [0.25, 0.3) is 5.56 Å². The standard InChI is InChI=1S/C25H28N2O3/c1-14(2)21-22(23(28)20-11-17(5)8-18(6)12-20)27(25(30)26-24(21)29)13-19-9-15(3)7-16(4)10-19/h7-12,14H,13H2,1-6H3,(H,26,29,30). The molecule has 0 spiro atoms. The average Bonchev–Trinajstić information content (AvgIpc) is 2.61. The fourth-order valence-electron chi connectivity index (χ4n) is 4.10. The Bertz CT molecular complexity index is 1210. The normalized spacial score (nSPS) is 11.2. The first-order valence-corrected chi connectivity index (χ1v) is 10.1. The number of aromatic amines is 1. The monoisotopic (exact) mass is 404 g/mol. The fraction of sp³-hybridized carbons (Fsp3) is 0.320. The van der Waals surface area contributed by atoms with Crippen molar-refractivity contribution in [2.24, 2.45) is 0 Å². The van der Waals surface area contributed by atoms with E-state index in [1.165, 1.54) is 4.57 Å². The van der Waals surface area contributed by atoms with Gasteiger partial charge < -0.3 is 0 Å². The van der Waals surface area contributed by atoms with E-state index in [9.17, 15) is 14.4 Å². The molecule has 0 aliphatic carbocycles. The molecule has 156 valence electrons. The second-order valence-corrected chi connectivity index (χ2v) is 8.46. The molecule has 0 radical (unpaired) electrons. The Labute approximate surface area is 176 Å². The van der Waals surface area contributed by atoms with Crippen molar-refractivity contribution < 1.29 is 4.79 Å². The first kappa shape index (κ1) is 21.5. The molecule has 0 aliphatic heterocycles. The number of benzene rings is 2. The molecule has 2 aromatic carbocycles. The van der Waals surface area contributed by atoms with Gasteiger partial charge in [0.2, 0.25) is 5.78 Å². The summed E-state index contributed by atoms with van der Waals surface area (Å²) in [7, 11) is 0. The number of aryl methyl sites for hydroxylation is 4. The number of nitrogens with one attached hydrogen (secondary N) is 1. The van der Waals surface area contributed by atoms with Crippen molar-refractivity contribution in [2.75, 3.05) is 0 Å². The first-order valence-electron chi connectivity index (χ1n) is 10.1. The van der Waals surface area contributed by atoms with E-state index in [2.05, 4.69) is 11.1 Å². The highest BCUT2D eigenvalue weighted by molar-refractivity contribution is 6.09. The molecule has 0 atom stereocenters. The summed E-state index contributed by atoms with van der Waals surface area (Å²) >= 11 is 0. The van der Waals surface area contributed by atoms with Crippen LogP contribution >= 0.6 is 0 Å². The van der Waals surface area contributed by atoms with Gasteiger partial charge in [-0.25, -0.2) is 4.79 Å². The van der Waals surface area contributed by atoms with E-state index >= 15 is 0 Å². The van der Waals surface area contributed by atoms with Crippen LogP contribution in [-0.2, 0) is 6.54 Å². The molecule has 3 rings (SSSR count). The Morgan fingerprint density at radius 3 is 1.87 bits per heavy atom. The van der Waals surface area contributed by atoms with Crippen LogP contribution in [0, 0.1) is 27.7 Å². The molecule has 0 bridgehead atoms. The second kappa shape index (κ2) is 8.27. The minimum atomic E-state index is -0.573. The molecule has 0 amide bonds. The minimum absolute atomic E-state index is 0.169. The Kier molecular flexibility index (Phi) is 5.92. The second-order valence-electron chi connectivity index (χ2n) is 8.46. The fourth-order valence-corrected chi connectivity index (χ4v) is 4.10. The topological polar surface area (TPSA) is 71.9 Å². The molecule has 0 fully saturated rings. The lowest BCUT2D eigenvalue weighted by Gasteiger charge is -2.18. The van der Waals surface area contributed by atoms with E-state index in [-0.39, 0.29) is 23.9 Å². The molecule has 30 heavy (non-hydrogen) atoms. The van der Waals surface area contributed by atoms with Gasteiger partial charge in [0, 0.05) is 11.1 Å². The van der Waals surface area contributed by atoms with Gasteiger partial charge in [-0.15, -0.1) is 0 Å². The molecule has 0 saturated heterocycles. The zero-order valence-electron chi connectivity index (χ0n) is 18.4. The van der Waals surface area contributed by atoms with Crippen molar-refractivity contribution in [3.8, 4) is 0 Å². The number of hydrogen-bond donors (Lipinski definition) is 1. The number of carbonyl (C=O) groups excluding carboxylic acids is 1. The lowest BCUT2D eigenvalue weighted by atomic mass is 9.95. The molecule has 5 nitrogen and oxygen atoms in total. The average molecular weight is 405 g/mol. The highest BCUT2D eigenvalue weighted by atomic mass is 16.2. The summed E-state index contributed by atoms with van der Waals surface area (Å²) < 4.78 is 1.41. The van der Waals surface area contributed by atoms with Gasteiger partial charge in [-0.3, -0.25) is 19.1 Å². The summed E-state index contributed by atoms with van der Waals surface area (Å²) in [6.07, 6.45) is 0. The van der Waals surface area contributed by atoms with E-state index < -0.39 is 11.2 Å². The number of ketones is 1. The molecule has 5 heteroatoms. The van der Waals surface area contributed by atoms with Crippen LogP contribution in [0.15, 0.2) is 46.0 Å². The number of carbonyl (C=O) groups is 1. The minimum Gasteiger partial charge on any atom is -0.287 e. The molecule has 1 aromatic heterocycles. The van der Waals surface area contributed by atoms with Crippen LogP contribution in [0.1, 0.15) is 69.2 Å². The Morgan fingerprint density at radius 1 is 0.867 bits per heavy atom. The van der Waals surface area contributed by atoms with E-state index in [0.717, 1.165) is 27.8 Å². The van der Waals surface area contributed by atoms with Gasteiger partial charge in [0.05, 0.1) is 6.54 Å². The SMILES string of the molecule is Cc1cc(C)cc(Cn2c(C(=O)c3cc(C)cc(C)c3)c(C(C)C)c(=O)[nH]c2=O)c1. The van der Waals surface area contributed by atoms with Gasteiger partial charge in [-0.2, -0.15) is 0 Å². The lowest BCUT2D eigenvalue weighted by molar-refractivity contribution is 0.102. The van der Waals surface area contributed by atoms with Crippen LogP contribution < -0.4 is 11.2 Å². The van der Waals surface area contributed by atoms with Gasteiger partial charge in [-0.05, 0) is 51.3 Å². The van der Waals surface area contributed by atoms with Crippen LogP contribution in [0.5, 0.6) is 0 Å². The number of rotatable bonds is 5. The third kappa shape index (κ3) is 4.35. The van der Waals surface area contributed by atoms with Gasteiger partial charge >= 0.3 is 5.69 Å². The van der Waals surface area contributed by atoms with Crippen LogP contribution in [0.25, 0.3) is 0 Å². The van der Waals surface area contributed by atoms with Crippen LogP contribution in [0.3, 0.4) is 0 Å². The quantitative estimate of drug-likeness (QED) is 0.649. The maximum absolute atomic E-state index is 13.6. The molecule has 0 aliphatic rings. The summed E-state index contributed by atoms with van der Waals surface area (Å²) in [4.78, 5) is 41.5. The van der Waals surface area contributed by atoms with Crippen LogP contribution in [-0.4, -0.2) is 15.3 Å². The zero-order chi connectivity index (χ0) is 22.2. The summed E-state index contributed by atoms with van der Waals surface area (Å²) in [5, 5.41) is 0. The Hall–Kier alpha value is -3.21. The maximum atomic E-state index is 13.6. The van der Waals surface area contributed by atoms with E-state index in [0.29, 0.717) is 11.1 Å². The number of nitrogens with zero attached hydrogens (tertiary/aromatic N) is 1. The predicted molar refractivity (Wildman–Crippen MR) is 120 cm³/mol. The van der Waals surface area contributed by atoms with Crippen molar-refractivity contribution >= 4 is 5.78 Å². The van der Waals surface area contributed by atoms with Crippen molar-refractivity contribution in [1.29, 1.82) is 0 Å². The van der Waals surface area contributed by atoms with E-state index in [1.54, 1.807) is 12.1 Å². The first-order chi connectivity index (χ1) is 14.1. The Morgan fingerprint density at radius 2 is 1.37 bits per heavy atom. The van der Waals surface area contributed by atoms with Crippen molar-refractivity contribution in [2.45, 2.75) is 54.0 Å². The largest absolute Gasteiger partial charge is 0.329 e. The summed E-state index contributed by atoms with van der Waals surface area (Å²) in [6, 6.07) is 11.6. The van der Waals surface area contributed by atoms with E-state index in [1.807, 2.05) is 59.7 Å². The molecular weight excluding hydrogens is 376 g/mol.